The van der Waals surface area contributed by atoms with E-state index in [2.05, 4.69) is 11.0 Å². The Morgan fingerprint density at radius 2 is 2.67 bits per heavy atom. The third-order valence-electron chi connectivity index (χ3n) is 1.27. The number of nitrogens with one attached hydrogen (secondary N) is 1. The van der Waals surface area contributed by atoms with Crippen molar-refractivity contribution in [3.63, 3.8) is 0 Å². The molecule has 1 atom stereocenters. The van der Waals surface area contributed by atoms with E-state index in [-0.39, 0.29) is 24.4 Å². The third-order valence-corrected chi connectivity index (χ3v) is 1.27. The van der Waals surface area contributed by atoms with Crippen LogP contribution in [0.4, 0.5) is 0 Å². The van der Waals surface area contributed by atoms with Gasteiger partial charge < -0.3 is 11.0 Å². The zero-order valence-electron chi connectivity index (χ0n) is 6.02. The van der Waals surface area contributed by atoms with Crippen molar-refractivity contribution in [3.8, 4) is 0 Å². The highest BCUT2D eigenvalue weighted by atomic mass is 35.5. The Labute approximate surface area is 61.9 Å². The molecule has 4 heteroatoms. The van der Waals surface area contributed by atoms with E-state index in [1.807, 2.05) is 0 Å². The molecule has 0 bridgehead atoms. The van der Waals surface area contributed by atoms with Crippen molar-refractivity contribution in [1.82, 2.24) is 5.32 Å². The quantitative estimate of drug-likeness (QED) is 0.538. The van der Waals surface area contributed by atoms with Gasteiger partial charge in [0.25, 0.3) is 0 Å². The number of nitrogens with two attached hydrogens (primary N) is 1. The highest BCUT2D eigenvalue weighted by Crippen LogP contribution is 1.98. The number of amides is 1. The van der Waals surface area contributed by atoms with Crippen LogP contribution in [0.15, 0.2) is 0 Å². The number of carbonyl (C=O) groups is 1. The Hall–Kier alpha value is -0.280. The van der Waals surface area contributed by atoms with Crippen molar-refractivity contribution < 1.29 is 6.21 Å². The summed E-state index contributed by atoms with van der Waals surface area (Å²) in [6.45, 7) is 0.600. The summed E-state index contributed by atoms with van der Waals surface area (Å²) >= 11 is 0. The predicted octanol–water partition coefficient (Wildman–Crippen LogP) is -0.355. The molecule has 1 aliphatic rings. The number of piperidine rings is 1. The molecule has 1 rings (SSSR count). The summed E-state index contributed by atoms with van der Waals surface area (Å²) in [5.41, 5.74) is 2.36. The molecule has 0 aromatic rings. The molecule has 1 saturated heterocycles. The Morgan fingerprint density at radius 3 is 3.11 bits per heavy atom. The maximum absolute atomic E-state index is 10.5. The van der Waals surface area contributed by atoms with Crippen LogP contribution in [0.1, 0.15) is 12.8 Å². The second-order valence-corrected chi connectivity index (χ2v) is 2.04. The summed E-state index contributed by atoms with van der Waals surface area (Å²) in [6, 6.07) is 0.155. The summed E-state index contributed by atoms with van der Waals surface area (Å²) in [5, 5.41) is 2.66. The summed E-state index contributed by atoms with van der Waals surface area (Å²) in [5.74, 6) is 0.0986. The zero-order valence-corrected chi connectivity index (χ0v) is 5.83. The van der Waals surface area contributed by atoms with Crippen LogP contribution in [0.5, 0.6) is 0 Å². The first-order valence-electron chi connectivity index (χ1n) is 3.27. The maximum Gasteiger partial charge on any atom is 0.220 e. The van der Waals surface area contributed by atoms with Gasteiger partial charge in [0.2, 0.25) is 5.91 Å². The minimum Gasteiger partial charge on any atom is -0.355 e. The van der Waals surface area contributed by atoms with Gasteiger partial charge in [-0.15, -0.1) is 12.4 Å². The van der Waals surface area contributed by atoms with Crippen molar-refractivity contribution in [2.75, 3.05) is 6.54 Å². The number of hydrogen-bond acceptors (Lipinski definition) is 2. The van der Waals surface area contributed by atoms with E-state index in [9.17, 15) is 4.79 Å². The molecule has 0 aromatic carbocycles. The lowest BCUT2D eigenvalue weighted by atomic mass is 10.1. The molecule has 54 valence electrons. The van der Waals surface area contributed by atoms with Crippen LogP contribution in [0, 0.1) is 0 Å². The second-order valence-electron chi connectivity index (χ2n) is 2.04. The van der Waals surface area contributed by atoms with Gasteiger partial charge in [-0.05, 0) is 6.42 Å². The number of rotatable bonds is 1. The lowest BCUT2D eigenvalue weighted by Gasteiger charge is -2.17. The summed E-state index contributed by atoms with van der Waals surface area (Å²) in [7, 11) is 0. The Morgan fingerprint density at radius 1 is 1.89 bits per heavy atom. The average molecular weight is 152 g/mol. The monoisotopic (exact) mass is 151 g/mol. The Balaban J connectivity index is 0.000000810. The van der Waals surface area contributed by atoms with Gasteiger partial charge in [-0.25, -0.2) is 0 Å². The molecule has 1 aliphatic heterocycles. The van der Waals surface area contributed by atoms with Gasteiger partial charge in [-0.3, -0.25) is 4.79 Å². The van der Waals surface area contributed by atoms with Crippen LogP contribution in [0.25, 0.3) is 0 Å². The molecule has 3 N–H and O–H groups in total. The fourth-order valence-corrected chi connectivity index (χ4v) is 0.733. The molecule has 0 aliphatic carbocycles. The van der Waals surface area contributed by atoms with Gasteiger partial charge in [-0.1, -0.05) is 0 Å². The van der Waals surface area contributed by atoms with Gasteiger partial charge in [0.05, 0.1) is 0 Å². The lowest BCUT2D eigenvalue weighted by molar-refractivity contribution is -0.122. The number of halogens is 1. The molecule has 1 fully saturated rings. The lowest BCUT2D eigenvalue weighted by Crippen LogP contribution is -2.42. The minimum absolute atomic E-state index is 0. The standard InChI is InChI=1S/C5H10N2O.ClH/c6-4-1-2-5(8)7-3-4;/h4H,1-3,6H2,(H,7,8);1H/t4-;/m0./s1/i/hD. The van der Waals surface area contributed by atoms with Crippen LogP contribution in [0.2, 0.25) is 1.41 Å². The van der Waals surface area contributed by atoms with E-state index >= 15 is 0 Å². The van der Waals surface area contributed by atoms with Crippen LogP contribution in [0.3, 0.4) is 0 Å². The van der Waals surface area contributed by atoms with Gasteiger partial charge in [0.15, 0.2) is 0 Å². The van der Waals surface area contributed by atoms with Gasteiger partial charge in [0, 0.05) is 19.0 Å². The summed E-state index contributed by atoms with van der Waals surface area (Å²) in [6.07, 6.45) is 1.34. The first-order valence-corrected chi connectivity index (χ1v) is 2.77. The van der Waals surface area contributed by atoms with E-state index in [4.69, 9.17) is 1.41 Å². The Kier molecular flexibility index (Phi) is 2.80. The average Bonchev–Trinajstić information content (AvgIpc) is 1.90. The molecule has 1 amide bonds. The molecule has 1 heterocycles. The van der Waals surface area contributed by atoms with Crippen LogP contribution >= 0.6 is 12.4 Å². The van der Waals surface area contributed by atoms with Gasteiger partial charge >= 0.3 is 0 Å². The molecule has 0 spiro atoms. The second kappa shape index (κ2) is 3.69. The highest BCUT2D eigenvalue weighted by molar-refractivity contribution is 5.85. The van der Waals surface area contributed by atoms with E-state index in [1.54, 1.807) is 0 Å². The van der Waals surface area contributed by atoms with E-state index in [0.29, 0.717) is 13.0 Å². The highest BCUT2D eigenvalue weighted by Gasteiger charge is 2.12. The minimum atomic E-state index is 0. The molecular formula is C5H11ClN2O. The van der Waals surface area contributed by atoms with E-state index in [0.717, 1.165) is 6.42 Å². The zero-order chi connectivity index (χ0) is 6.69. The molecule has 0 unspecified atom stereocenters. The summed E-state index contributed by atoms with van der Waals surface area (Å²) < 4.78 is 6.76. The molecule has 3 nitrogen and oxygen atoms in total. The smallest absolute Gasteiger partial charge is 0.220 e. The van der Waals surface area contributed by atoms with Crippen LogP contribution in [-0.4, -0.2) is 18.5 Å². The van der Waals surface area contributed by atoms with Gasteiger partial charge in [0.1, 0.15) is 1.41 Å². The first-order chi connectivity index (χ1) is 4.33. The van der Waals surface area contributed by atoms with Gasteiger partial charge in [-0.2, -0.15) is 0 Å². The fourth-order valence-electron chi connectivity index (χ4n) is 0.733. The largest absolute Gasteiger partial charge is 0.355 e. The van der Waals surface area contributed by atoms with Crippen LogP contribution in [-0.2, 0) is 4.79 Å². The number of carbonyl (C=O) groups excluding carboxylic acids is 1. The van der Waals surface area contributed by atoms with Crippen molar-refractivity contribution >= 4 is 18.3 Å². The maximum atomic E-state index is 10.5. The third kappa shape index (κ3) is 2.67. The molecule has 0 radical (unpaired) electrons. The van der Waals surface area contributed by atoms with Crippen molar-refractivity contribution in [3.05, 3.63) is 0 Å². The van der Waals surface area contributed by atoms with Crippen molar-refractivity contribution in [2.45, 2.75) is 18.9 Å². The van der Waals surface area contributed by atoms with E-state index < -0.39 is 0 Å². The molecule has 9 heavy (non-hydrogen) atoms. The number of hydrogen-bond donors (Lipinski definition) is 2. The summed E-state index contributed by atoms with van der Waals surface area (Å²) in [4.78, 5) is 10.5. The normalized spacial score (nSPS) is 27.8. The SMILES string of the molecule is Cl.[2H]N[C@H]1CCC(=O)NC1. The first kappa shape index (κ1) is 6.83. The molecule has 0 aromatic heterocycles. The van der Waals surface area contributed by atoms with Crippen molar-refractivity contribution in [1.29, 1.82) is 0 Å². The predicted molar refractivity (Wildman–Crippen MR) is 37.5 cm³/mol. The van der Waals surface area contributed by atoms with Crippen LogP contribution < -0.4 is 11.0 Å². The topological polar surface area (TPSA) is 55.1 Å². The Bertz CT molecular complexity index is 112. The van der Waals surface area contributed by atoms with E-state index in [1.165, 1.54) is 0 Å². The fraction of sp³-hybridized carbons (Fsp3) is 0.800. The molecule has 0 saturated carbocycles. The van der Waals surface area contributed by atoms with Crippen molar-refractivity contribution in [2.24, 2.45) is 5.73 Å². The molecular weight excluding hydrogens is 140 g/mol.